The van der Waals surface area contributed by atoms with Crippen molar-refractivity contribution in [2.75, 3.05) is 25.0 Å². The molecule has 0 aliphatic carbocycles. The minimum absolute atomic E-state index is 0.134. The lowest BCUT2D eigenvalue weighted by Gasteiger charge is -2.14. The number of carbonyl (C=O) groups excluding carboxylic acids is 2. The van der Waals surface area contributed by atoms with Gasteiger partial charge in [-0.3, -0.25) is 9.69 Å². The second-order valence-electron chi connectivity index (χ2n) is 5.65. The van der Waals surface area contributed by atoms with Gasteiger partial charge in [-0.15, -0.1) is 0 Å². The number of unbranched alkanes of at least 4 members (excludes halogenated alkanes) is 1. The number of ether oxygens (including phenoxy) is 1. The molecule has 2 rings (SSSR count). The molecule has 0 bridgehead atoms. The highest BCUT2D eigenvalue weighted by molar-refractivity contribution is 7.80. The molecule has 24 heavy (non-hydrogen) atoms. The van der Waals surface area contributed by atoms with Crippen molar-refractivity contribution in [2.45, 2.75) is 32.3 Å². The summed E-state index contributed by atoms with van der Waals surface area (Å²) >= 11 is 5.00. The lowest BCUT2D eigenvalue weighted by atomic mass is 10.1. The summed E-state index contributed by atoms with van der Waals surface area (Å²) in [5, 5.41) is 6.30. The van der Waals surface area contributed by atoms with Gasteiger partial charge in [0.15, 0.2) is 10.9 Å². The fourth-order valence-electron chi connectivity index (χ4n) is 2.44. The van der Waals surface area contributed by atoms with Crippen LogP contribution >= 0.6 is 12.2 Å². The van der Waals surface area contributed by atoms with E-state index in [1.807, 2.05) is 0 Å². The first-order valence-corrected chi connectivity index (χ1v) is 8.53. The summed E-state index contributed by atoms with van der Waals surface area (Å²) < 4.78 is 5.32. The van der Waals surface area contributed by atoms with Gasteiger partial charge in [0, 0.05) is 24.7 Å². The number of thiocarbonyl (C=S) groups is 1. The van der Waals surface area contributed by atoms with Crippen molar-refractivity contribution in [3.05, 3.63) is 29.8 Å². The highest BCUT2D eigenvalue weighted by atomic mass is 32.1. The normalized spacial score (nSPS) is 16.7. The number of hydrogen-bond acceptors (Lipinski definition) is 4. The van der Waals surface area contributed by atoms with Crippen molar-refractivity contribution in [1.29, 1.82) is 0 Å². The fraction of sp³-hybridized carbons (Fsp3) is 0.471. The maximum Gasteiger partial charge on any atom is 0.414 e. The Balaban J connectivity index is 1.95. The average molecular weight is 349 g/mol. The van der Waals surface area contributed by atoms with E-state index in [1.165, 1.54) is 0 Å². The van der Waals surface area contributed by atoms with Gasteiger partial charge in [0.25, 0.3) is 0 Å². The van der Waals surface area contributed by atoms with E-state index in [-0.39, 0.29) is 18.0 Å². The Kier molecular flexibility index (Phi) is 6.54. The molecule has 0 spiro atoms. The summed E-state index contributed by atoms with van der Waals surface area (Å²) in [6, 6.07) is 7.10. The zero-order valence-corrected chi connectivity index (χ0v) is 14.8. The van der Waals surface area contributed by atoms with Crippen LogP contribution in [0.3, 0.4) is 0 Å². The van der Waals surface area contributed by atoms with Gasteiger partial charge in [0.05, 0.1) is 13.1 Å². The van der Waals surface area contributed by atoms with Gasteiger partial charge in [-0.1, -0.05) is 13.3 Å². The van der Waals surface area contributed by atoms with Crippen LogP contribution < -0.4 is 15.5 Å². The summed E-state index contributed by atoms with van der Waals surface area (Å²) in [4.78, 5) is 25.6. The monoisotopic (exact) mass is 349 g/mol. The third-order valence-electron chi connectivity index (χ3n) is 3.85. The van der Waals surface area contributed by atoms with Crippen molar-refractivity contribution >= 4 is 34.9 Å². The number of hydrogen-bond donors (Lipinski definition) is 2. The number of carbonyl (C=O) groups is 2. The number of rotatable bonds is 7. The Hall–Kier alpha value is -2.15. The molecule has 1 atom stereocenters. The quantitative estimate of drug-likeness (QED) is 0.582. The molecular formula is C17H23N3O3S. The Morgan fingerprint density at radius 2 is 2.08 bits per heavy atom. The number of nitrogens with zero attached hydrogens (tertiary/aromatic N) is 1. The van der Waals surface area contributed by atoms with Crippen LogP contribution in [0.2, 0.25) is 0 Å². The Morgan fingerprint density at radius 1 is 1.38 bits per heavy atom. The van der Waals surface area contributed by atoms with Crippen LogP contribution in [0.5, 0.6) is 0 Å². The summed E-state index contributed by atoms with van der Waals surface area (Å²) in [6.07, 6.45) is 1.79. The maximum absolute atomic E-state index is 12.0. The van der Waals surface area contributed by atoms with Crippen molar-refractivity contribution in [2.24, 2.45) is 0 Å². The molecule has 7 heteroatoms. The van der Waals surface area contributed by atoms with Gasteiger partial charge in [-0.25, -0.2) is 4.79 Å². The minimum atomic E-state index is -0.387. The van der Waals surface area contributed by atoms with E-state index >= 15 is 0 Å². The largest absolute Gasteiger partial charge is 0.442 e. The summed E-state index contributed by atoms with van der Waals surface area (Å²) in [7, 11) is 1.73. The Morgan fingerprint density at radius 3 is 2.71 bits per heavy atom. The second-order valence-corrected chi connectivity index (χ2v) is 6.06. The van der Waals surface area contributed by atoms with E-state index < -0.39 is 0 Å². The van der Waals surface area contributed by atoms with Crippen molar-refractivity contribution < 1.29 is 14.3 Å². The van der Waals surface area contributed by atoms with E-state index in [2.05, 4.69) is 17.6 Å². The summed E-state index contributed by atoms with van der Waals surface area (Å²) in [5.74, 6) is 0.134. The molecule has 0 unspecified atom stereocenters. The third-order valence-corrected chi connectivity index (χ3v) is 4.20. The van der Waals surface area contributed by atoms with Crippen LogP contribution in [-0.4, -0.2) is 43.2 Å². The molecule has 1 aromatic carbocycles. The molecule has 1 saturated heterocycles. The average Bonchev–Trinajstić information content (AvgIpc) is 2.98. The molecule has 1 aromatic rings. The molecule has 1 fully saturated rings. The van der Waals surface area contributed by atoms with Crippen LogP contribution in [0.15, 0.2) is 24.3 Å². The summed E-state index contributed by atoms with van der Waals surface area (Å²) in [6.45, 7) is 2.96. The predicted molar refractivity (Wildman–Crippen MR) is 97.6 cm³/mol. The van der Waals surface area contributed by atoms with Gasteiger partial charge in [0.1, 0.15) is 6.10 Å². The number of benzene rings is 1. The van der Waals surface area contributed by atoms with Crippen LogP contribution in [0.1, 0.15) is 36.5 Å². The van der Waals surface area contributed by atoms with Gasteiger partial charge < -0.3 is 15.4 Å². The predicted octanol–water partition coefficient (Wildman–Crippen LogP) is 2.48. The molecule has 2 N–H and O–H groups in total. The first-order chi connectivity index (χ1) is 11.5. The Labute approximate surface area is 147 Å². The number of ketones is 1. The van der Waals surface area contributed by atoms with E-state index in [4.69, 9.17) is 17.0 Å². The van der Waals surface area contributed by atoms with E-state index in [1.54, 1.807) is 36.2 Å². The molecular weight excluding hydrogens is 326 g/mol. The van der Waals surface area contributed by atoms with Gasteiger partial charge in [0.2, 0.25) is 0 Å². The lowest BCUT2D eigenvalue weighted by Crippen LogP contribution is -2.39. The molecule has 0 aromatic heterocycles. The molecule has 0 saturated carbocycles. The minimum Gasteiger partial charge on any atom is -0.442 e. The van der Waals surface area contributed by atoms with E-state index in [0.29, 0.717) is 30.2 Å². The van der Waals surface area contributed by atoms with Crippen molar-refractivity contribution in [1.82, 2.24) is 10.6 Å². The second kappa shape index (κ2) is 8.63. The highest BCUT2D eigenvalue weighted by Gasteiger charge is 2.32. The number of nitrogens with one attached hydrogen (secondary N) is 2. The molecule has 1 heterocycles. The maximum atomic E-state index is 12.0. The van der Waals surface area contributed by atoms with Crippen LogP contribution in [0.4, 0.5) is 10.5 Å². The standard InChI is InChI=1S/C17H23N3O3S/c1-3-4-5-15(21)12-6-8-13(9-7-12)20-11-14(23-17(20)22)10-19-16(24)18-2/h6-9,14H,3-5,10-11H2,1-2H3,(H2,18,19,24)/t14-/m0/s1. The van der Waals surface area contributed by atoms with Crippen molar-refractivity contribution in [3.8, 4) is 0 Å². The molecule has 0 radical (unpaired) electrons. The van der Waals surface area contributed by atoms with Gasteiger partial charge in [-0.05, 0) is 42.9 Å². The Bertz CT molecular complexity index is 604. The molecule has 1 aliphatic rings. The SMILES string of the molecule is CCCCC(=O)c1ccc(N2C[C@H](CNC(=S)NC)OC2=O)cc1. The molecule has 130 valence electrons. The molecule has 6 nitrogen and oxygen atoms in total. The van der Waals surface area contributed by atoms with E-state index in [0.717, 1.165) is 18.5 Å². The number of cyclic esters (lactones) is 1. The molecule has 1 aliphatic heterocycles. The number of anilines is 1. The first kappa shape index (κ1) is 18.2. The van der Waals surface area contributed by atoms with E-state index in [9.17, 15) is 9.59 Å². The lowest BCUT2D eigenvalue weighted by molar-refractivity contribution is 0.0979. The van der Waals surface area contributed by atoms with Gasteiger partial charge >= 0.3 is 6.09 Å². The highest BCUT2D eigenvalue weighted by Crippen LogP contribution is 2.22. The zero-order valence-electron chi connectivity index (χ0n) is 14.0. The molecule has 1 amide bonds. The topological polar surface area (TPSA) is 70.7 Å². The summed E-state index contributed by atoms with van der Waals surface area (Å²) in [5.41, 5.74) is 1.41. The number of Topliss-reactive ketones (excluding diaryl/α,β-unsaturated/α-hetero) is 1. The number of amides is 1. The zero-order chi connectivity index (χ0) is 17.5. The van der Waals surface area contributed by atoms with Crippen molar-refractivity contribution in [3.63, 3.8) is 0 Å². The van der Waals surface area contributed by atoms with Crippen LogP contribution in [-0.2, 0) is 4.74 Å². The third kappa shape index (κ3) is 4.67. The van der Waals surface area contributed by atoms with Crippen LogP contribution in [0, 0.1) is 0 Å². The van der Waals surface area contributed by atoms with Crippen LogP contribution in [0.25, 0.3) is 0 Å². The first-order valence-electron chi connectivity index (χ1n) is 8.12. The smallest absolute Gasteiger partial charge is 0.414 e. The van der Waals surface area contributed by atoms with Gasteiger partial charge in [-0.2, -0.15) is 0 Å². The fourth-order valence-corrected chi connectivity index (χ4v) is 2.53.